The zero-order valence-corrected chi connectivity index (χ0v) is 23.0. The van der Waals surface area contributed by atoms with Crippen molar-refractivity contribution in [1.82, 2.24) is 9.96 Å². The summed E-state index contributed by atoms with van der Waals surface area (Å²) < 4.78 is 5.45. The predicted molar refractivity (Wildman–Crippen MR) is 146 cm³/mol. The van der Waals surface area contributed by atoms with Crippen LogP contribution in [0.25, 0.3) is 0 Å². The molecule has 3 rings (SSSR count). The molecular weight excluding hydrogens is 466 g/mol. The van der Waals surface area contributed by atoms with Gasteiger partial charge in [0, 0.05) is 6.54 Å². The van der Waals surface area contributed by atoms with Crippen molar-refractivity contribution in [2.24, 2.45) is 10.9 Å². The van der Waals surface area contributed by atoms with Gasteiger partial charge >= 0.3 is 6.16 Å². The molecule has 1 saturated heterocycles. The first-order chi connectivity index (χ1) is 17.5. The molecule has 0 N–H and O–H groups in total. The van der Waals surface area contributed by atoms with Crippen molar-refractivity contribution < 1.29 is 19.2 Å². The number of rotatable bonds is 9. The Balaban J connectivity index is 1.94. The second kappa shape index (κ2) is 12.7. The largest absolute Gasteiger partial charge is 0.534 e. The van der Waals surface area contributed by atoms with Crippen LogP contribution in [0, 0.1) is 5.92 Å². The molecule has 0 aliphatic carbocycles. The van der Waals surface area contributed by atoms with Crippen LogP contribution in [0.3, 0.4) is 0 Å². The van der Waals surface area contributed by atoms with Crippen LogP contribution < -0.4 is 0 Å². The summed E-state index contributed by atoms with van der Waals surface area (Å²) in [5, 5.41) is 1.40. The van der Waals surface area contributed by atoms with Gasteiger partial charge in [0.15, 0.2) is 5.78 Å². The van der Waals surface area contributed by atoms with Gasteiger partial charge in [-0.15, -0.1) is 0 Å². The number of aliphatic imine (C=N–C) groups is 1. The average Bonchev–Trinajstić information content (AvgIpc) is 2.83. The smallest absolute Gasteiger partial charge is 0.427 e. The molecular formula is C30H41N3O4. The number of ketones is 1. The second-order valence-electron chi connectivity index (χ2n) is 11.0. The molecule has 1 aliphatic heterocycles. The average molecular weight is 508 g/mol. The van der Waals surface area contributed by atoms with Gasteiger partial charge in [0.1, 0.15) is 11.6 Å². The lowest BCUT2D eigenvalue weighted by molar-refractivity contribution is -0.156. The summed E-state index contributed by atoms with van der Waals surface area (Å²) in [6.45, 7) is 12.3. The molecule has 37 heavy (non-hydrogen) atoms. The van der Waals surface area contributed by atoms with Gasteiger partial charge in [-0.2, -0.15) is 5.06 Å². The van der Waals surface area contributed by atoms with Gasteiger partial charge in [-0.1, -0.05) is 74.5 Å². The fourth-order valence-electron chi connectivity index (χ4n) is 4.32. The van der Waals surface area contributed by atoms with Crippen molar-refractivity contribution >= 4 is 17.9 Å². The van der Waals surface area contributed by atoms with Gasteiger partial charge in [-0.25, -0.2) is 9.79 Å². The third kappa shape index (κ3) is 8.62. The number of guanidine groups is 1. The number of hydrogen-bond acceptors (Lipinski definition) is 5. The van der Waals surface area contributed by atoms with Crippen molar-refractivity contribution in [2.75, 3.05) is 13.1 Å². The summed E-state index contributed by atoms with van der Waals surface area (Å²) in [7, 11) is 0. The molecule has 2 aromatic rings. The highest BCUT2D eigenvalue weighted by Gasteiger charge is 2.41. The van der Waals surface area contributed by atoms with E-state index in [0.717, 1.165) is 18.4 Å². The molecule has 0 amide bonds. The molecule has 0 radical (unpaired) electrons. The Hall–Kier alpha value is -3.35. The maximum absolute atomic E-state index is 13.4. The Morgan fingerprint density at radius 3 is 2.24 bits per heavy atom. The number of Topliss-reactive ketones (excluding diaryl/α,β-unsaturated/α-hetero) is 1. The highest BCUT2D eigenvalue weighted by Crippen LogP contribution is 2.26. The normalized spacial score (nSPS) is 18.3. The number of aryl methyl sites for hydroxylation is 1. The molecule has 0 bridgehead atoms. The van der Waals surface area contributed by atoms with Crippen LogP contribution in [0.15, 0.2) is 65.7 Å². The van der Waals surface area contributed by atoms with Gasteiger partial charge < -0.3 is 14.5 Å². The maximum atomic E-state index is 13.4. The molecule has 200 valence electrons. The van der Waals surface area contributed by atoms with Gasteiger partial charge in [0.2, 0.25) is 5.96 Å². The quantitative estimate of drug-likeness (QED) is 0.376. The number of benzene rings is 2. The van der Waals surface area contributed by atoms with Crippen LogP contribution in [-0.2, 0) is 20.8 Å². The Kier molecular flexibility index (Phi) is 9.73. The Bertz CT molecular complexity index is 1050. The van der Waals surface area contributed by atoms with E-state index in [0.29, 0.717) is 18.9 Å². The number of hydroxylamine groups is 2. The number of carbonyl (C=O) groups is 2. The first-order valence-corrected chi connectivity index (χ1v) is 13.2. The highest BCUT2D eigenvalue weighted by atomic mass is 16.8. The van der Waals surface area contributed by atoms with Crippen molar-refractivity contribution in [3.8, 4) is 0 Å². The van der Waals surface area contributed by atoms with Crippen LogP contribution >= 0.6 is 0 Å². The van der Waals surface area contributed by atoms with Crippen LogP contribution in [-0.4, -0.2) is 52.6 Å². The molecule has 7 heteroatoms. The molecule has 2 aromatic carbocycles. The molecule has 1 unspecified atom stereocenters. The van der Waals surface area contributed by atoms with E-state index < -0.39 is 17.8 Å². The minimum Gasteiger partial charge on any atom is -0.427 e. The Morgan fingerprint density at radius 1 is 1.03 bits per heavy atom. The van der Waals surface area contributed by atoms with E-state index in [1.165, 1.54) is 10.6 Å². The molecule has 7 nitrogen and oxygen atoms in total. The standard InChI is InChI=1S/C30H41N3O4/c1-22(2)20-26-27(34)21-32(19-13-16-24-14-9-7-10-15-24)28(31-23(3)25-17-11-8-12-18-25)33(26)37-29(35)36-30(4,5)6/h7-12,14-15,17-18,22-23,26H,13,16,19-21H2,1-6H3/t23?,26-/m0/s1. The van der Waals surface area contributed by atoms with Crippen LogP contribution in [0.1, 0.15) is 71.6 Å². The van der Waals surface area contributed by atoms with Gasteiger partial charge in [0.25, 0.3) is 0 Å². The van der Waals surface area contributed by atoms with Crippen LogP contribution in [0.2, 0.25) is 0 Å². The van der Waals surface area contributed by atoms with Gasteiger partial charge in [-0.3, -0.25) is 4.79 Å². The summed E-state index contributed by atoms with van der Waals surface area (Å²) in [5.74, 6) is 0.708. The lowest BCUT2D eigenvalue weighted by Crippen LogP contribution is -2.61. The second-order valence-corrected chi connectivity index (χ2v) is 11.0. The van der Waals surface area contributed by atoms with Crippen molar-refractivity contribution in [3.05, 3.63) is 71.8 Å². The minimum atomic E-state index is -0.847. The maximum Gasteiger partial charge on any atom is 0.534 e. The lowest BCUT2D eigenvalue weighted by Gasteiger charge is -2.42. The summed E-state index contributed by atoms with van der Waals surface area (Å²) in [5.41, 5.74) is 1.55. The molecule has 1 fully saturated rings. The summed E-state index contributed by atoms with van der Waals surface area (Å²) in [4.78, 5) is 38.9. The summed E-state index contributed by atoms with van der Waals surface area (Å²) in [6.07, 6.45) is 1.39. The summed E-state index contributed by atoms with van der Waals surface area (Å²) in [6, 6.07) is 19.4. The van der Waals surface area contributed by atoms with E-state index in [1.807, 2.05) is 60.4 Å². The van der Waals surface area contributed by atoms with E-state index in [4.69, 9.17) is 14.6 Å². The number of hydrogen-bond donors (Lipinski definition) is 0. The van der Waals surface area contributed by atoms with Crippen molar-refractivity contribution in [2.45, 2.75) is 78.5 Å². The van der Waals surface area contributed by atoms with E-state index in [2.05, 4.69) is 26.0 Å². The van der Waals surface area contributed by atoms with Crippen LogP contribution in [0.5, 0.6) is 0 Å². The van der Waals surface area contributed by atoms with Crippen molar-refractivity contribution in [1.29, 1.82) is 0 Å². The topological polar surface area (TPSA) is 71.4 Å². The lowest BCUT2D eigenvalue weighted by atomic mass is 9.98. The first-order valence-electron chi connectivity index (χ1n) is 13.2. The third-order valence-electron chi connectivity index (χ3n) is 6.07. The van der Waals surface area contributed by atoms with E-state index >= 15 is 0 Å². The predicted octanol–water partition coefficient (Wildman–Crippen LogP) is 6.20. The third-order valence-corrected chi connectivity index (χ3v) is 6.07. The van der Waals surface area contributed by atoms with E-state index in [9.17, 15) is 9.59 Å². The van der Waals surface area contributed by atoms with Crippen LogP contribution in [0.4, 0.5) is 4.79 Å². The fourth-order valence-corrected chi connectivity index (χ4v) is 4.32. The molecule has 0 spiro atoms. The van der Waals surface area contributed by atoms with E-state index in [1.54, 1.807) is 20.8 Å². The zero-order valence-electron chi connectivity index (χ0n) is 23.0. The van der Waals surface area contributed by atoms with Gasteiger partial charge in [0.05, 0.1) is 12.6 Å². The first kappa shape index (κ1) is 28.2. The molecule has 0 saturated carbocycles. The Morgan fingerprint density at radius 2 is 1.65 bits per heavy atom. The Labute approximate surface area is 221 Å². The van der Waals surface area contributed by atoms with E-state index in [-0.39, 0.29) is 24.3 Å². The number of carbonyl (C=O) groups excluding carboxylic acids is 2. The molecule has 0 aromatic heterocycles. The SMILES string of the molecule is CC(C)C[C@H]1C(=O)CN(CCCc2ccccc2)C(=NC(C)c2ccccc2)N1OC(=O)OC(C)(C)C. The number of ether oxygens (including phenoxy) is 1. The zero-order chi connectivity index (χ0) is 27.0. The van der Waals surface area contributed by atoms with Crippen molar-refractivity contribution in [3.63, 3.8) is 0 Å². The molecule has 2 atom stereocenters. The van der Waals surface area contributed by atoms with Gasteiger partial charge in [-0.05, 0) is 64.0 Å². The fraction of sp³-hybridized carbons (Fsp3) is 0.500. The molecule has 1 heterocycles. The number of nitrogens with zero attached hydrogens (tertiary/aromatic N) is 3. The highest BCUT2D eigenvalue weighted by molar-refractivity contribution is 5.97. The summed E-state index contributed by atoms with van der Waals surface area (Å²) >= 11 is 0. The monoisotopic (exact) mass is 507 g/mol. The minimum absolute atomic E-state index is 0.00304. The molecule has 1 aliphatic rings.